The normalized spacial score (nSPS) is 11.1. The van der Waals surface area contributed by atoms with Crippen molar-refractivity contribution in [2.24, 2.45) is 0 Å². The fourth-order valence-corrected chi connectivity index (χ4v) is 4.35. The minimum absolute atomic E-state index is 0.106. The van der Waals surface area contributed by atoms with E-state index in [0.717, 1.165) is 33.5 Å². The molecule has 0 fully saturated rings. The van der Waals surface area contributed by atoms with E-state index in [4.69, 9.17) is 9.72 Å². The minimum atomic E-state index is -0.106. The second-order valence-corrected chi connectivity index (χ2v) is 8.42. The zero-order valence-electron chi connectivity index (χ0n) is 18.1. The molecular formula is C25H21N5O2S. The Bertz CT molecular complexity index is 1460. The first-order valence-corrected chi connectivity index (χ1v) is 11.4. The third kappa shape index (κ3) is 4.12. The molecule has 164 valence electrons. The maximum absolute atomic E-state index is 12.6. The van der Waals surface area contributed by atoms with Gasteiger partial charge >= 0.3 is 0 Å². The summed E-state index contributed by atoms with van der Waals surface area (Å²) in [6.07, 6.45) is 0. The molecule has 0 aliphatic heterocycles. The molecule has 2 heterocycles. The number of amides is 1. The van der Waals surface area contributed by atoms with E-state index >= 15 is 0 Å². The monoisotopic (exact) mass is 455 g/mol. The highest BCUT2D eigenvalue weighted by Gasteiger charge is 2.18. The van der Waals surface area contributed by atoms with Crippen LogP contribution in [0.4, 0.5) is 5.69 Å². The summed E-state index contributed by atoms with van der Waals surface area (Å²) in [6.45, 7) is 1.96. The van der Waals surface area contributed by atoms with Gasteiger partial charge in [0.05, 0.1) is 18.4 Å². The van der Waals surface area contributed by atoms with Gasteiger partial charge in [-0.15, -0.1) is 10.2 Å². The van der Waals surface area contributed by atoms with E-state index in [1.165, 1.54) is 11.8 Å². The lowest BCUT2D eigenvalue weighted by Gasteiger charge is -2.10. The van der Waals surface area contributed by atoms with Gasteiger partial charge in [-0.25, -0.2) is 4.98 Å². The molecule has 0 aliphatic carbocycles. The molecule has 2 aromatic heterocycles. The largest absolute Gasteiger partial charge is 0.497 e. The highest BCUT2D eigenvalue weighted by Crippen LogP contribution is 2.30. The molecule has 0 spiro atoms. The summed E-state index contributed by atoms with van der Waals surface area (Å²) in [4.78, 5) is 17.5. The Kier molecular flexibility index (Phi) is 5.66. The number of carbonyl (C=O) groups excluding carboxylic acids is 1. The van der Waals surface area contributed by atoms with Gasteiger partial charge in [0.2, 0.25) is 5.91 Å². The Labute approximate surface area is 194 Å². The van der Waals surface area contributed by atoms with Crippen LogP contribution in [0, 0.1) is 6.92 Å². The first-order valence-electron chi connectivity index (χ1n) is 10.4. The summed E-state index contributed by atoms with van der Waals surface area (Å²) in [5, 5.41) is 13.3. The van der Waals surface area contributed by atoms with Crippen molar-refractivity contribution in [2.75, 3.05) is 18.2 Å². The third-order valence-corrected chi connectivity index (χ3v) is 6.25. The molecule has 5 aromatic rings. The number of ether oxygens (including phenoxy) is 1. The number of aryl methyl sites for hydroxylation is 1. The van der Waals surface area contributed by atoms with Crippen LogP contribution < -0.4 is 10.1 Å². The number of anilines is 1. The van der Waals surface area contributed by atoms with Crippen LogP contribution in [0.1, 0.15) is 5.56 Å². The topological polar surface area (TPSA) is 81.4 Å². The molecule has 0 bridgehead atoms. The Balaban J connectivity index is 1.52. The number of carbonyl (C=O) groups is 1. The second-order valence-electron chi connectivity index (χ2n) is 7.47. The van der Waals surface area contributed by atoms with Gasteiger partial charge in [0.25, 0.3) is 0 Å². The summed E-state index contributed by atoms with van der Waals surface area (Å²) < 4.78 is 7.21. The molecule has 0 saturated carbocycles. The molecule has 0 atom stereocenters. The van der Waals surface area contributed by atoms with Gasteiger partial charge < -0.3 is 10.1 Å². The number of nitrogens with zero attached hydrogens (tertiary/aromatic N) is 4. The fourth-order valence-electron chi connectivity index (χ4n) is 3.62. The van der Waals surface area contributed by atoms with Crippen molar-refractivity contribution in [1.29, 1.82) is 0 Å². The number of fused-ring (bicyclic) bond motifs is 3. The van der Waals surface area contributed by atoms with E-state index in [2.05, 4.69) is 15.5 Å². The number of benzene rings is 3. The van der Waals surface area contributed by atoms with Crippen molar-refractivity contribution in [3.8, 4) is 17.1 Å². The van der Waals surface area contributed by atoms with Gasteiger partial charge in [0, 0.05) is 16.6 Å². The Morgan fingerprint density at radius 2 is 1.76 bits per heavy atom. The fraction of sp³-hybridized carbons (Fsp3) is 0.120. The van der Waals surface area contributed by atoms with Crippen LogP contribution in [0.15, 0.2) is 78.0 Å². The SMILES string of the molecule is COc1ccc(-c2nc3ccccc3c3nnc(SCC(=O)Nc4ccccc4C)n23)cc1. The van der Waals surface area contributed by atoms with Gasteiger partial charge in [-0.2, -0.15) is 0 Å². The van der Waals surface area contributed by atoms with Gasteiger partial charge in [-0.1, -0.05) is 42.1 Å². The quantitative estimate of drug-likeness (QED) is 0.363. The minimum Gasteiger partial charge on any atom is -0.497 e. The van der Waals surface area contributed by atoms with Crippen molar-refractivity contribution >= 4 is 39.9 Å². The van der Waals surface area contributed by atoms with Crippen molar-refractivity contribution in [2.45, 2.75) is 12.1 Å². The molecule has 1 amide bonds. The van der Waals surface area contributed by atoms with Crippen LogP contribution in [0.3, 0.4) is 0 Å². The number of hydrogen-bond acceptors (Lipinski definition) is 6. The van der Waals surface area contributed by atoms with E-state index in [1.54, 1.807) is 7.11 Å². The average Bonchev–Trinajstić information content (AvgIpc) is 3.28. The van der Waals surface area contributed by atoms with E-state index in [1.807, 2.05) is 84.1 Å². The standard InChI is InChI=1S/C25H21N5O2S/c1-16-7-3-5-9-20(16)26-22(31)15-33-25-29-28-24-19-8-4-6-10-21(19)27-23(30(24)25)17-11-13-18(32-2)14-12-17/h3-14H,15H2,1-2H3,(H,26,31). The first kappa shape index (κ1) is 21.0. The number of rotatable bonds is 6. The lowest BCUT2D eigenvalue weighted by molar-refractivity contribution is -0.113. The second kappa shape index (κ2) is 8.91. The number of nitrogens with one attached hydrogen (secondary N) is 1. The maximum atomic E-state index is 12.6. The van der Waals surface area contributed by atoms with E-state index in [0.29, 0.717) is 16.6 Å². The van der Waals surface area contributed by atoms with Crippen LogP contribution in [-0.2, 0) is 4.79 Å². The number of aromatic nitrogens is 4. The number of hydrogen-bond donors (Lipinski definition) is 1. The molecule has 1 N–H and O–H groups in total. The molecule has 7 nitrogen and oxygen atoms in total. The zero-order valence-corrected chi connectivity index (χ0v) is 19.0. The van der Waals surface area contributed by atoms with Crippen molar-refractivity contribution in [1.82, 2.24) is 19.6 Å². The van der Waals surface area contributed by atoms with Crippen LogP contribution in [0.25, 0.3) is 27.9 Å². The maximum Gasteiger partial charge on any atom is 0.234 e. The van der Waals surface area contributed by atoms with E-state index in [-0.39, 0.29) is 11.7 Å². The summed E-state index contributed by atoms with van der Waals surface area (Å²) >= 11 is 1.33. The lowest BCUT2D eigenvalue weighted by atomic mass is 10.1. The molecule has 8 heteroatoms. The Morgan fingerprint density at radius 3 is 2.55 bits per heavy atom. The molecule has 5 rings (SSSR count). The van der Waals surface area contributed by atoms with Gasteiger partial charge in [0.15, 0.2) is 10.8 Å². The van der Waals surface area contributed by atoms with Crippen LogP contribution >= 0.6 is 11.8 Å². The molecule has 0 saturated heterocycles. The van der Waals surface area contributed by atoms with Gasteiger partial charge in [-0.05, 0) is 55.0 Å². The highest BCUT2D eigenvalue weighted by atomic mass is 32.2. The van der Waals surface area contributed by atoms with Crippen LogP contribution in [0.5, 0.6) is 5.75 Å². The number of thioether (sulfide) groups is 1. The highest BCUT2D eigenvalue weighted by molar-refractivity contribution is 7.99. The predicted molar refractivity (Wildman–Crippen MR) is 131 cm³/mol. The number of para-hydroxylation sites is 2. The summed E-state index contributed by atoms with van der Waals surface area (Å²) in [5.41, 5.74) is 4.25. The Morgan fingerprint density at radius 1 is 1.00 bits per heavy atom. The lowest BCUT2D eigenvalue weighted by Crippen LogP contribution is -2.15. The molecule has 33 heavy (non-hydrogen) atoms. The molecule has 0 unspecified atom stereocenters. The predicted octanol–water partition coefficient (Wildman–Crippen LogP) is 4.99. The van der Waals surface area contributed by atoms with Gasteiger partial charge in [-0.3, -0.25) is 9.20 Å². The summed E-state index contributed by atoms with van der Waals surface area (Å²) in [6, 6.07) is 23.2. The van der Waals surface area contributed by atoms with Crippen molar-refractivity contribution in [3.63, 3.8) is 0 Å². The van der Waals surface area contributed by atoms with Gasteiger partial charge in [0.1, 0.15) is 11.6 Å². The third-order valence-electron chi connectivity index (χ3n) is 5.32. The average molecular weight is 456 g/mol. The zero-order chi connectivity index (χ0) is 22.8. The Hall–Kier alpha value is -3.91. The summed E-state index contributed by atoms with van der Waals surface area (Å²) in [5.74, 6) is 1.57. The van der Waals surface area contributed by atoms with E-state index in [9.17, 15) is 4.79 Å². The van der Waals surface area contributed by atoms with Crippen LogP contribution in [-0.4, -0.2) is 38.4 Å². The van der Waals surface area contributed by atoms with Crippen molar-refractivity contribution in [3.05, 3.63) is 78.4 Å². The molecule has 3 aromatic carbocycles. The molecule has 0 radical (unpaired) electrons. The summed E-state index contributed by atoms with van der Waals surface area (Å²) in [7, 11) is 1.64. The molecule has 0 aliphatic rings. The smallest absolute Gasteiger partial charge is 0.234 e. The first-order chi connectivity index (χ1) is 16.1. The molecular weight excluding hydrogens is 434 g/mol. The van der Waals surface area contributed by atoms with Crippen molar-refractivity contribution < 1.29 is 9.53 Å². The number of methoxy groups -OCH3 is 1. The van der Waals surface area contributed by atoms with E-state index < -0.39 is 0 Å². The van der Waals surface area contributed by atoms with Crippen LogP contribution in [0.2, 0.25) is 0 Å².